The summed E-state index contributed by atoms with van der Waals surface area (Å²) < 4.78 is 0. The van der Waals surface area contributed by atoms with Crippen LogP contribution in [0.1, 0.15) is 13.8 Å². The summed E-state index contributed by atoms with van der Waals surface area (Å²) in [5.41, 5.74) is -0.901. The fourth-order valence-corrected chi connectivity index (χ4v) is 1.49. The zero-order chi connectivity index (χ0) is 16.1. The van der Waals surface area contributed by atoms with Crippen molar-refractivity contribution >= 4 is 11.8 Å². The van der Waals surface area contributed by atoms with Gasteiger partial charge >= 0.3 is 0 Å². The molecule has 0 bridgehead atoms. The van der Waals surface area contributed by atoms with Crippen LogP contribution in [0, 0.1) is 0 Å². The lowest BCUT2D eigenvalue weighted by Gasteiger charge is -2.42. The molecule has 0 saturated carbocycles. The molecule has 20 heavy (non-hydrogen) atoms. The Morgan fingerprint density at radius 2 is 1.70 bits per heavy atom. The monoisotopic (exact) mass is 296 g/mol. The molecular formula is C10H20N2O8. The molecule has 0 aromatic carbocycles. The second-order valence-electron chi connectivity index (χ2n) is 4.24. The molecule has 0 aromatic rings. The van der Waals surface area contributed by atoms with Gasteiger partial charge in [0.25, 0.3) is 0 Å². The fraction of sp³-hybridized carbons (Fsp3) is 0.800. The first-order chi connectivity index (χ1) is 9.11. The number of hydrogen-bond acceptors (Lipinski definition) is 8. The third-order valence-corrected chi connectivity index (χ3v) is 2.58. The van der Waals surface area contributed by atoms with Crippen molar-refractivity contribution in [2.24, 2.45) is 0 Å². The van der Waals surface area contributed by atoms with E-state index in [1.165, 1.54) is 0 Å². The Hall–Kier alpha value is -1.30. The topological polar surface area (TPSA) is 171 Å². The maximum Gasteiger partial charge on any atom is 0.240 e. The molecule has 0 radical (unpaired) electrons. The molecule has 0 aliphatic carbocycles. The van der Waals surface area contributed by atoms with Crippen molar-refractivity contribution in [2.75, 3.05) is 13.2 Å². The van der Waals surface area contributed by atoms with Crippen molar-refractivity contribution in [2.45, 2.75) is 37.9 Å². The second-order valence-corrected chi connectivity index (χ2v) is 4.24. The van der Waals surface area contributed by atoms with Gasteiger partial charge in [-0.3, -0.25) is 15.0 Å². The first kappa shape index (κ1) is 18.7. The van der Waals surface area contributed by atoms with Crippen LogP contribution in [0.2, 0.25) is 0 Å². The predicted molar refractivity (Wildman–Crippen MR) is 63.5 cm³/mol. The molecule has 0 fully saturated rings. The average molecular weight is 296 g/mol. The lowest BCUT2D eigenvalue weighted by Crippen LogP contribution is -2.69. The molecule has 118 valence electrons. The van der Waals surface area contributed by atoms with E-state index >= 15 is 0 Å². The second kappa shape index (κ2) is 7.47. The Morgan fingerprint density at radius 1 is 1.20 bits per heavy atom. The van der Waals surface area contributed by atoms with Crippen molar-refractivity contribution < 1.29 is 40.2 Å². The van der Waals surface area contributed by atoms with E-state index in [-0.39, 0.29) is 5.01 Å². The number of aliphatic hydroxyl groups excluding tert-OH is 5. The first-order valence-corrected chi connectivity index (χ1v) is 5.68. The highest BCUT2D eigenvalue weighted by atomic mass is 16.4. The minimum atomic E-state index is -2.78. The van der Waals surface area contributed by atoms with Gasteiger partial charge in [0.15, 0.2) is 0 Å². The molecule has 0 heterocycles. The van der Waals surface area contributed by atoms with Crippen LogP contribution in [-0.2, 0) is 9.59 Å². The van der Waals surface area contributed by atoms with Crippen molar-refractivity contribution in [3.05, 3.63) is 0 Å². The van der Waals surface area contributed by atoms with Gasteiger partial charge in [-0.25, -0.2) is 5.01 Å². The molecule has 10 nitrogen and oxygen atoms in total. The minimum Gasteiger partial charge on any atom is -0.394 e. The molecule has 10 heteroatoms. The third kappa shape index (κ3) is 4.10. The number of rotatable bonds is 6. The van der Waals surface area contributed by atoms with Crippen LogP contribution in [0.15, 0.2) is 0 Å². The number of hydrazine groups is 1. The van der Waals surface area contributed by atoms with Crippen LogP contribution in [0.25, 0.3) is 0 Å². The number of nitrogens with one attached hydrogen (secondary N) is 1. The van der Waals surface area contributed by atoms with Gasteiger partial charge in [-0.1, -0.05) is 0 Å². The number of amides is 2. The van der Waals surface area contributed by atoms with Gasteiger partial charge < -0.3 is 30.6 Å². The molecule has 2 amide bonds. The first-order valence-electron chi connectivity index (χ1n) is 5.68. The maximum absolute atomic E-state index is 11.4. The number of hydrogen-bond donors (Lipinski definition) is 7. The van der Waals surface area contributed by atoms with Crippen LogP contribution >= 0.6 is 0 Å². The summed E-state index contributed by atoms with van der Waals surface area (Å²) in [6, 6.07) is 0. The van der Waals surface area contributed by atoms with Gasteiger partial charge in [0.1, 0.15) is 18.3 Å². The standard InChI is InChI=1S/C10H20N2O8/c1-5(15)11-12(6(2)16)10(20,4-14)9(19)8(18)7(17)3-13/h7-9,13-14,17-20H,3-4H2,1-2H3,(H,11,15)/t7-,8-,9+,10+/m1/s1. The van der Waals surface area contributed by atoms with Crippen LogP contribution < -0.4 is 5.43 Å². The van der Waals surface area contributed by atoms with Crippen molar-refractivity contribution in [1.29, 1.82) is 0 Å². The lowest BCUT2D eigenvalue weighted by atomic mass is 9.97. The van der Waals surface area contributed by atoms with E-state index in [0.717, 1.165) is 13.8 Å². The van der Waals surface area contributed by atoms with E-state index in [4.69, 9.17) is 5.11 Å². The van der Waals surface area contributed by atoms with Crippen LogP contribution in [0.5, 0.6) is 0 Å². The zero-order valence-corrected chi connectivity index (χ0v) is 11.1. The van der Waals surface area contributed by atoms with Gasteiger partial charge in [0.2, 0.25) is 17.5 Å². The van der Waals surface area contributed by atoms with Crippen molar-refractivity contribution in [3.63, 3.8) is 0 Å². The van der Waals surface area contributed by atoms with E-state index in [9.17, 15) is 35.1 Å². The fourth-order valence-electron chi connectivity index (χ4n) is 1.49. The summed E-state index contributed by atoms with van der Waals surface area (Å²) in [5, 5.41) is 56.7. The van der Waals surface area contributed by atoms with Crippen LogP contribution in [0.4, 0.5) is 0 Å². The van der Waals surface area contributed by atoms with Gasteiger partial charge in [-0.05, 0) is 0 Å². The van der Waals surface area contributed by atoms with Gasteiger partial charge in [-0.2, -0.15) is 0 Å². The smallest absolute Gasteiger partial charge is 0.240 e. The molecule has 4 atom stereocenters. The van der Waals surface area contributed by atoms with Crippen LogP contribution in [-0.4, -0.2) is 84.7 Å². The van der Waals surface area contributed by atoms with Gasteiger partial charge in [0.05, 0.1) is 13.2 Å². The quantitative estimate of drug-likeness (QED) is 0.190. The molecule has 0 rings (SSSR count). The largest absolute Gasteiger partial charge is 0.394 e. The molecule has 0 aliphatic heterocycles. The van der Waals surface area contributed by atoms with E-state index in [1.807, 2.05) is 5.43 Å². The molecule has 0 saturated heterocycles. The number of nitrogens with zero attached hydrogens (tertiary/aromatic N) is 1. The summed E-state index contributed by atoms with van der Waals surface area (Å²) in [6.45, 7) is -0.236. The van der Waals surface area contributed by atoms with E-state index < -0.39 is 49.1 Å². The summed E-state index contributed by atoms with van der Waals surface area (Å²) in [4.78, 5) is 22.4. The summed E-state index contributed by atoms with van der Waals surface area (Å²) >= 11 is 0. The number of aliphatic hydroxyl groups is 6. The molecular weight excluding hydrogens is 276 g/mol. The Labute approximate surface area is 114 Å². The zero-order valence-electron chi connectivity index (χ0n) is 11.1. The SMILES string of the molecule is CC(=O)NN(C(C)=O)[C@](O)(CO)[C@@H](O)[C@H](O)[C@H](O)CO. The Balaban J connectivity index is 5.41. The summed E-state index contributed by atoms with van der Waals surface area (Å²) in [5.74, 6) is -1.72. The normalized spacial score (nSPS) is 18.6. The van der Waals surface area contributed by atoms with Gasteiger partial charge in [-0.15, -0.1) is 0 Å². The third-order valence-electron chi connectivity index (χ3n) is 2.58. The summed E-state index contributed by atoms with van der Waals surface area (Å²) in [7, 11) is 0. The van der Waals surface area contributed by atoms with Crippen molar-refractivity contribution in [3.8, 4) is 0 Å². The lowest BCUT2D eigenvalue weighted by molar-refractivity contribution is -0.244. The Morgan fingerprint density at radius 3 is 2.00 bits per heavy atom. The average Bonchev–Trinajstić information content (AvgIpc) is 2.40. The predicted octanol–water partition coefficient (Wildman–Crippen LogP) is -4.36. The van der Waals surface area contributed by atoms with Crippen molar-refractivity contribution in [1.82, 2.24) is 10.4 Å². The Kier molecular flexibility index (Phi) is 6.99. The molecule has 0 unspecified atom stereocenters. The van der Waals surface area contributed by atoms with E-state index in [1.54, 1.807) is 0 Å². The minimum absolute atomic E-state index is 0.229. The van der Waals surface area contributed by atoms with Gasteiger partial charge in [0, 0.05) is 13.8 Å². The highest BCUT2D eigenvalue weighted by Crippen LogP contribution is 2.19. The maximum atomic E-state index is 11.4. The number of carbonyl (C=O) groups is 2. The van der Waals surface area contributed by atoms with Crippen LogP contribution in [0.3, 0.4) is 0 Å². The molecule has 7 N–H and O–H groups in total. The molecule has 0 aliphatic rings. The van der Waals surface area contributed by atoms with E-state index in [2.05, 4.69) is 0 Å². The molecule has 0 spiro atoms. The number of carbonyl (C=O) groups excluding carboxylic acids is 2. The molecule has 0 aromatic heterocycles. The highest BCUT2D eigenvalue weighted by Gasteiger charge is 2.48. The Bertz CT molecular complexity index is 352. The van der Waals surface area contributed by atoms with E-state index in [0.29, 0.717) is 0 Å². The summed E-state index contributed by atoms with van der Waals surface area (Å²) in [6.07, 6.45) is -6.16. The highest BCUT2D eigenvalue weighted by molar-refractivity contribution is 5.79.